The molecule has 1 fully saturated rings. The van der Waals surface area contributed by atoms with E-state index in [2.05, 4.69) is 53.5 Å². The van der Waals surface area contributed by atoms with E-state index in [4.69, 9.17) is 9.97 Å². The number of carbonyl (C=O) groups excluding carboxylic acids is 1. The van der Waals surface area contributed by atoms with Gasteiger partial charge in [0.05, 0.1) is 0 Å². The lowest BCUT2D eigenvalue weighted by Gasteiger charge is -2.26. The third-order valence-corrected chi connectivity index (χ3v) is 5.86. The zero-order valence-electron chi connectivity index (χ0n) is 18.9. The van der Waals surface area contributed by atoms with Gasteiger partial charge in [-0.05, 0) is 25.8 Å². The number of carbonyl (C=O) groups is 1. The van der Waals surface area contributed by atoms with E-state index in [1.165, 1.54) is 5.56 Å². The van der Waals surface area contributed by atoms with Gasteiger partial charge in [-0.15, -0.1) is 0 Å². The molecule has 6 nitrogen and oxygen atoms in total. The van der Waals surface area contributed by atoms with Crippen molar-refractivity contribution in [3.63, 3.8) is 0 Å². The van der Waals surface area contributed by atoms with Crippen molar-refractivity contribution in [1.29, 1.82) is 0 Å². The van der Waals surface area contributed by atoms with Crippen molar-refractivity contribution in [1.82, 2.24) is 20.2 Å². The monoisotopic (exact) mass is 429 g/mol. The number of nitrogens with one attached hydrogen (secondary N) is 1. The number of aromatic nitrogens is 2. The van der Waals surface area contributed by atoms with Crippen LogP contribution in [0.15, 0.2) is 60.7 Å². The first kappa shape index (κ1) is 21.8. The summed E-state index contributed by atoms with van der Waals surface area (Å²) >= 11 is 0. The minimum absolute atomic E-state index is 0.0164. The molecule has 0 atom stereocenters. The van der Waals surface area contributed by atoms with Crippen molar-refractivity contribution in [2.75, 3.05) is 37.6 Å². The third-order valence-electron chi connectivity index (χ3n) is 5.86. The summed E-state index contributed by atoms with van der Waals surface area (Å²) in [6.07, 6.45) is 1.69. The molecule has 0 radical (unpaired) electrons. The topological polar surface area (TPSA) is 61.4 Å². The fraction of sp³-hybridized carbons (Fsp3) is 0.346. The molecule has 4 rings (SSSR count). The molecule has 0 aliphatic carbocycles. The Bertz CT molecular complexity index is 1040. The average molecular weight is 430 g/mol. The van der Waals surface area contributed by atoms with E-state index in [-0.39, 0.29) is 6.03 Å². The molecule has 32 heavy (non-hydrogen) atoms. The number of nitrogens with zero attached hydrogens (tertiary/aromatic N) is 4. The van der Waals surface area contributed by atoms with Gasteiger partial charge in [-0.1, -0.05) is 60.7 Å². The van der Waals surface area contributed by atoms with Gasteiger partial charge in [0.15, 0.2) is 5.82 Å². The molecule has 1 aromatic heterocycles. The van der Waals surface area contributed by atoms with Crippen molar-refractivity contribution >= 4 is 11.8 Å². The second-order valence-electron chi connectivity index (χ2n) is 8.13. The van der Waals surface area contributed by atoms with Crippen molar-refractivity contribution in [2.24, 2.45) is 0 Å². The second-order valence-corrected chi connectivity index (χ2v) is 8.13. The average Bonchev–Trinajstić information content (AvgIpc) is 3.08. The van der Waals surface area contributed by atoms with Gasteiger partial charge < -0.3 is 15.1 Å². The van der Waals surface area contributed by atoms with Crippen molar-refractivity contribution in [3.05, 3.63) is 77.5 Å². The smallest absolute Gasteiger partial charge is 0.317 e. The molecular formula is C26H31N5O. The lowest BCUT2D eigenvalue weighted by molar-refractivity contribution is 0.202. The Kier molecular flexibility index (Phi) is 7.00. The first-order valence-electron chi connectivity index (χ1n) is 11.4. The number of anilines is 1. The zero-order chi connectivity index (χ0) is 22.3. The van der Waals surface area contributed by atoms with Crippen LogP contribution in [0.5, 0.6) is 0 Å². The Morgan fingerprint density at radius 3 is 2.38 bits per heavy atom. The van der Waals surface area contributed by atoms with E-state index in [0.717, 1.165) is 60.9 Å². The molecule has 1 aliphatic heterocycles. The summed E-state index contributed by atoms with van der Waals surface area (Å²) in [4.78, 5) is 26.5. The molecule has 0 unspecified atom stereocenters. The van der Waals surface area contributed by atoms with Gasteiger partial charge in [-0.3, -0.25) is 0 Å². The Hall–Kier alpha value is -3.41. The summed E-state index contributed by atoms with van der Waals surface area (Å²) in [6, 6.07) is 20.6. The summed E-state index contributed by atoms with van der Waals surface area (Å²) in [5, 5.41) is 2.92. The largest absolute Gasteiger partial charge is 0.354 e. The van der Waals surface area contributed by atoms with Crippen molar-refractivity contribution in [2.45, 2.75) is 26.7 Å². The number of hydrogen-bond donors (Lipinski definition) is 1. The molecular weight excluding hydrogens is 398 g/mol. The maximum absolute atomic E-state index is 12.4. The number of rotatable bonds is 5. The van der Waals surface area contributed by atoms with Crippen LogP contribution in [-0.2, 0) is 6.42 Å². The van der Waals surface area contributed by atoms with Crippen LogP contribution >= 0.6 is 0 Å². The lowest BCUT2D eigenvalue weighted by Crippen LogP contribution is -2.42. The second kappa shape index (κ2) is 10.3. The highest BCUT2D eigenvalue weighted by atomic mass is 16.2. The van der Waals surface area contributed by atoms with Gasteiger partial charge in [0.25, 0.3) is 0 Å². The van der Waals surface area contributed by atoms with Gasteiger partial charge in [-0.25, -0.2) is 14.8 Å². The van der Waals surface area contributed by atoms with Crippen LogP contribution in [0.25, 0.3) is 11.4 Å². The number of benzene rings is 2. The van der Waals surface area contributed by atoms with Crippen molar-refractivity contribution < 1.29 is 4.79 Å². The molecule has 1 aliphatic rings. The SMILES string of the molecule is CCNC(=O)N1CCCN(c2nc(-c3ccccc3)nc(C)c2Cc2ccccc2)CC1. The van der Waals surface area contributed by atoms with Crippen LogP contribution in [0.3, 0.4) is 0 Å². The van der Waals surface area contributed by atoms with E-state index in [0.29, 0.717) is 13.1 Å². The normalized spacial score (nSPS) is 14.2. The molecule has 166 valence electrons. The van der Waals surface area contributed by atoms with E-state index in [1.807, 2.05) is 36.1 Å². The molecule has 2 amide bonds. The quantitative estimate of drug-likeness (QED) is 0.657. The maximum Gasteiger partial charge on any atom is 0.317 e. The fourth-order valence-corrected chi connectivity index (χ4v) is 4.16. The summed E-state index contributed by atoms with van der Waals surface area (Å²) in [7, 11) is 0. The third kappa shape index (κ3) is 5.07. The molecule has 0 spiro atoms. The highest BCUT2D eigenvalue weighted by molar-refractivity contribution is 5.74. The van der Waals surface area contributed by atoms with E-state index in [1.54, 1.807) is 0 Å². The Labute approximate surface area is 190 Å². The molecule has 2 aromatic carbocycles. The molecule has 0 saturated carbocycles. The molecule has 0 bridgehead atoms. The number of hydrogen-bond acceptors (Lipinski definition) is 4. The summed E-state index contributed by atoms with van der Waals surface area (Å²) in [5.41, 5.74) is 4.42. The van der Waals surface area contributed by atoms with Gasteiger partial charge >= 0.3 is 6.03 Å². The van der Waals surface area contributed by atoms with E-state index >= 15 is 0 Å². The molecule has 6 heteroatoms. The zero-order valence-corrected chi connectivity index (χ0v) is 18.9. The first-order valence-corrected chi connectivity index (χ1v) is 11.4. The number of amides is 2. The fourth-order valence-electron chi connectivity index (χ4n) is 4.16. The summed E-state index contributed by atoms with van der Waals surface area (Å²) < 4.78 is 0. The molecule has 2 heterocycles. The van der Waals surface area contributed by atoms with Gasteiger partial charge in [0.2, 0.25) is 0 Å². The van der Waals surface area contributed by atoms with Crippen LogP contribution in [-0.4, -0.2) is 53.6 Å². The predicted octanol–water partition coefficient (Wildman–Crippen LogP) is 4.28. The number of aryl methyl sites for hydroxylation is 1. The molecule has 1 N–H and O–H groups in total. The van der Waals surface area contributed by atoms with Crippen molar-refractivity contribution in [3.8, 4) is 11.4 Å². The minimum atomic E-state index is 0.0164. The Morgan fingerprint density at radius 2 is 1.66 bits per heavy atom. The standard InChI is InChI=1S/C26H31N5O/c1-3-27-26(32)31-16-10-15-30(17-18-31)25-23(19-21-11-6-4-7-12-21)20(2)28-24(29-25)22-13-8-5-9-14-22/h4-9,11-14H,3,10,15-19H2,1-2H3,(H,27,32). The highest BCUT2D eigenvalue weighted by Crippen LogP contribution is 2.28. The Balaban J connectivity index is 1.69. The van der Waals surface area contributed by atoms with Crippen LogP contribution in [0.2, 0.25) is 0 Å². The Morgan fingerprint density at radius 1 is 0.938 bits per heavy atom. The van der Waals surface area contributed by atoms with Crippen LogP contribution in [0, 0.1) is 6.92 Å². The molecule has 1 saturated heterocycles. The van der Waals surface area contributed by atoms with Crippen LogP contribution < -0.4 is 10.2 Å². The number of urea groups is 1. The predicted molar refractivity (Wildman–Crippen MR) is 129 cm³/mol. The van der Waals surface area contributed by atoms with Crippen LogP contribution in [0.4, 0.5) is 10.6 Å². The maximum atomic E-state index is 12.4. The van der Waals surface area contributed by atoms with Crippen LogP contribution in [0.1, 0.15) is 30.2 Å². The summed E-state index contributed by atoms with van der Waals surface area (Å²) in [6.45, 7) is 7.73. The highest BCUT2D eigenvalue weighted by Gasteiger charge is 2.23. The van der Waals surface area contributed by atoms with Gasteiger partial charge in [0, 0.05) is 56.0 Å². The van der Waals surface area contributed by atoms with Gasteiger partial charge in [0.1, 0.15) is 5.82 Å². The first-order chi connectivity index (χ1) is 15.7. The van der Waals surface area contributed by atoms with E-state index < -0.39 is 0 Å². The summed E-state index contributed by atoms with van der Waals surface area (Å²) in [5.74, 6) is 1.73. The van der Waals surface area contributed by atoms with Gasteiger partial charge in [-0.2, -0.15) is 0 Å². The lowest BCUT2D eigenvalue weighted by atomic mass is 10.0. The molecule has 3 aromatic rings. The minimum Gasteiger partial charge on any atom is -0.354 e. The van der Waals surface area contributed by atoms with E-state index in [9.17, 15) is 4.79 Å².